The quantitative estimate of drug-likeness (QED) is 0.357. The highest BCUT2D eigenvalue weighted by atomic mass is 16.1. The molecule has 0 aromatic rings. The van der Waals surface area contributed by atoms with Gasteiger partial charge in [-0.05, 0) is 25.0 Å². The van der Waals surface area contributed by atoms with Crippen LogP contribution in [-0.2, 0) is 4.79 Å². The maximum absolute atomic E-state index is 10.5. The third-order valence-corrected chi connectivity index (χ3v) is 1.63. The second kappa shape index (κ2) is 7.29. The van der Waals surface area contributed by atoms with Crippen LogP contribution < -0.4 is 0 Å². The van der Waals surface area contributed by atoms with Crippen molar-refractivity contribution in [3.8, 4) is 0 Å². The summed E-state index contributed by atoms with van der Waals surface area (Å²) in [7, 11) is 0. The molecule has 1 heteroatoms. The van der Waals surface area contributed by atoms with Crippen molar-refractivity contribution in [3.63, 3.8) is 0 Å². The molecule has 0 amide bonds. The maximum Gasteiger partial charge on any atom is 0.150 e. The fraction of sp³-hybridized carbons (Fsp3) is 0.250. The number of rotatable bonds is 5. The van der Waals surface area contributed by atoms with Crippen LogP contribution in [0.4, 0.5) is 0 Å². The molecule has 0 heterocycles. The van der Waals surface area contributed by atoms with Gasteiger partial charge < -0.3 is 0 Å². The zero-order chi connectivity index (χ0) is 10.1. The molecule has 0 aliphatic carbocycles. The minimum Gasteiger partial charge on any atom is -0.298 e. The Morgan fingerprint density at radius 2 is 2.15 bits per heavy atom. The normalized spacial score (nSPS) is 13.4. The molecular formula is C12H16O. The van der Waals surface area contributed by atoms with Gasteiger partial charge in [0.1, 0.15) is 6.29 Å². The molecule has 0 rings (SSSR count). The lowest BCUT2D eigenvalue weighted by atomic mass is 10.1. The second-order valence-corrected chi connectivity index (χ2v) is 2.59. The summed E-state index contributed by atoms with van der Waals surface area (Å²) < 4.78 is 0. The molecule has 0 aromatic heterocycles. The monoisotopic (exact) mass is 176 g/mol. The molecule has 0 bridgehead atoms. The molecule has 0 saturated heterocycles. The first-order chi connectivity index (χ1) is 6.28. The van der Waals surface area contributed by atoms with E-state index in [1.54, 1.807) is 6.08 Å². The molecule has 0 radical (unpaired) electrons. The second-order valence-electron chi connectivity index (χ2n) is 2.59. The van der Waals surface area contributed by atoms with Gasteiger partial charge in [0.15, 0.2) is 0 Å². The van der Waals surface area contributed by atoms with Gasteiger partial charge in [0.05, 0.1) is 0 Å². The zero-order valence-electron chi connectivity index (χ0n) is 8.29. The third-order valence-electron chi connectivity index (χ3n) is 1.63. The van der Waals surface area contributed by atoms with Crippen LogP contribution in [0.2, 0.25) is 0 Å². The van der Waals surface area contributed by atoms with Crippen LogP contribution in [-0.4, -0.2) is 6.29 Å². The highest BCUT2D eigenvalue weighted by Gasteiger charge is 1.90. The molecule has 0 aliphatic heterocycles. The third kappa shape index (κ3) is 4.96. The number of carbonyl (C=O) groups excluding carboxylic acids is 1. The van der Waals surface area contributed by atoms with Crippen LogP contribution in [0.5, 0.6) is 0 Å². The standard InChI is InChI=1S/C12H16O/c1-4-7-8-11(5-2)9-12(6-3)10-13/h4,6-10H,3,5H2,1-2H3/b7-4-,11-8+,12-9+. The van der Waals surface area contributed by atoms with Crippen LogP contribution in [0.1, 0.15) is 20.3 Å². The Kier molecular flexibility index (Phi) is 6.52. The first kappa shape index (κ1) is 11.6. The molecule has 0 aliphatic rings. The molecule has 0 unspecified atom stereocenters. The van der Waals surface area contributed by atoms with E-state index in [2.05, 4.69) is 13.5 Å². The smallest absolute Gasteiger partial charge is 0.150 e. The van der Waals surface area contributed by atoms with Crippen LogP contribution in [0.15, 0.2) is 48.1 Å². The lowest BCUT2D eigenvalue weighted by Gasteiger charge is -1.95. The van der Waals surface area contributed by atoms with Crippen molar-refractivity contribution >= 4 is 6.29 Å². The Bertz CT molecular complexity index is 244. The molecule has 0 N–H and O–H groups in total. The minimum absolute atomic E-state index is 0.623. The zero-order valence-corrected chi connectivity index (χ0v) is 8.29. The summed E-state index contributed by atoms with van der Waals surface area (Å²) in [6, 6.07) is 0. The van der Waals surface area contributed by atoms with E-state index in [1.807, 2.05) is 31.2 Å². The Morgan fingerprint density at radius 3 is 2.54 bits per heavy atom. The summed E-state index contributed by atoms with van der Waals surface area (Å²) in [6.07, 6.45) is 11.0. The maximum atomic E-state index is 10.5. The summed E-state index contributed by atoms with van der Waals surface area (Å²) in [5, 5.41) is 0. The average molecular weight is 176 g/mol. The van der Waals surface area contributed by atoms with Gasteiger partial charge in [-0.1, -0.05) is 37.8 Å². The SMILES string of the molecule is C=C\C(C=O)=C/C(=C/C=C\C)CC. The fourth-order valence-corrected chi connectivity index (χ4v) is 0.843. The molecule has 0 saturated carbocycles. The average Bonchev–Trinajstić information content (AvgIpc) is 2.19. The van der Waals surface area contributed by atoms with Crippen molar-refractivity contribution < 1.29 is 4.79 Å². The Labute approximate surface area is 80.2 Å². The van der Waals surface area contributed by atoms with Gasteiger partial charge in [-0.2, -0.15) is 0 Å². The molecule has 70 valence electrons. The van der Waals surface area contributed by atoms with Crippen molar-refractivity contribution in [3.05, 3.63) is 48.1 Å². The predicted octanol–water partition coefficient (Wildman–Crippen LogP) is 3.21. The van der Waals surface area contributed by atoms with E-state index < -0.39 is 0 Å². The number of hydrogen-bond donors (Lipinski definition) is 0. The van der Waals surface area contributed by atoms with E-state index in [-0.39, 0.29) is 0 Å². The van der Waals surface area contributed by atoms with Gasteiger partial charge in [0.25, 0.3) is 0 Å². The van der Waals surface area contributed by atoms with Crippen molar-refractivity contribution in [2.75, 3.05) is 0 Å². The number of allylic oxidation sites excluding steroid dienone is 7. The van der Waals surface area contributed by atoms with Gasteiger partial charge in [-0.25, -0.2) is 0 Å². The number of carbonyl (C=O) groups is 1. The topological polar surface area (TPSA) is 17.1 Å². The fourth-order valence-electron chi connectivity index (χ4n) is 0.843. The van der Waals surface area contributed by atoms with Gasteiger partial charge in [0.2, 0.25) is 0 Å². The highest BCUT2D eigenvalue weighted by Crippen LogP contribution is 2.06. The van der Waals surface area contributed by atoms with Crippen molar-refractivity contribution in [2.45, 2.75) is 20.3 Å². The predicted molar refractivity (Wildman–Crippen MR) is 57.5 cm³/mol. The van der Waals surface area contributed by atoms with E-state index in [9.17, 15) is 4.79 Å². The summed E-state index contributed by atoms with van der Waals surface area (Å²) in [6.45, 7) is 7.57. The molecular weight excluding hydrogens is 160 g/mol. The highest BCUT2D eigenvalue weighted by molar-refractivity contribution is 5.78. The van der Waals surface area contributed by atoms with E-state index in [0.29, 0.717) is 5.57 Å². The van der Waals surface area contributed by atoms with Crippen molar-refractivity contribution in [1.82, 2.24) is 0 Å². The molecule has 13 heavy (non-hydrogen) atoms. The lowest BCUT2D eigenvalue weighted by Crippen LogP contribution is -1.81. The minimum atomic E-state index is 0.623. The van der Waals surface area contributed by atoms with E-state index in [1.165, 1.54) is 0 Å². The molecule has 0 spiro atoms. The molecule has 0 aromatic carbocycles. The Morgan fingerprint density at radius 1 is 1.46 bits per heavy atom. The number of hydrogen-bond acceptors (Lipinski definition) is 1. The largest absolute Gasteiger partial charge is 0.298 e. The van der Waals surface area contributed by atoms with Gasteiger partial charge in [-0.3, -0.25) is 4.79 Å². The van der Waals surface area contributed by atoms with E-state index >= 15 is 0 Å². The van der Waals surface area contributed by atoms with Crippen LogP contribution >= 0.6 is 0 Å². The molecule has 1 nitrogen and oxygen atoms in total. The first-order valence-electron chi connectivity index (χ1n) is 4.39. The van der Waals surface area contributed by atoms with Gasteiger partial charge in [-0.15, -0.1) is 0 Å². The number of aldehydes is 1. The summed E-state index contributed by atoms with van der Waals surface area (Å²) >= 11 is 0. The lowest BCUT2D eigenvalue weighted by molar-refractivity contribution is -0.104. The van der Waals surface area contributed by atoms with E-state index in [4.69, 9.17) is 0 Å². The van der Waals surface area contributed by atoms with Crippen molar-refractivity contribution in [2.24, 2.45) is 0 Å². The summed E-state index contributed by atoms with van der Waals surface area (Å²) in [5.74, 6) is 0. The molecule has 0 atom stereocenters. The van der Waals surface area contributed by atoms with Gasteiger partial charge >= 0.3 is 0 Å². The first-order valence-corrected chi connectivity index (χ1v) is 4.39. The summed E-state index contributed by atoms with van der Waals surface area (Å²) in [4.78, 5) is 10.5. The Hall–Kier alpha value is -1.37. The molecule has 0 fully saturated rings. The summed E-state index contributed by atoms with van der Waals surface area (Å²) in [5.41, 5.74) is 1.75. The Balaban J connectivity index is 4.68. The van der Waals surface area contributed by atoms with Crippen LogP contribution in [0, 0.1) is 0 Å². The van der Waals surface area contributed by atoms with E-state index in [0.717, 1.165) is 18.3 Å². The van der Waals surface area contributed by atoms with Crippen molar-refractivity contribution in [1.29, 1.82) is 0 Å². The van der Waals surface area contributed by atoms with Crippen LogP contribution in [0.25, 0.3) is 0 Å². The van der Waals surface area contributed by atoms with Crippen LogP contribution in [0.3, 0.4) is 0 Å². The van der Waals surface area contributed by atoms with Gasteiger partial charge in [0, 0.05) is 5.57 Å².